The molecule has 19 heavy (non-hydrogen) atoms. The van der Waals surface area contributed by atoms with E-state index in [0.29, 0.717) is 29.2 Å². The van der Waals surface area contributed by atoms with E-state index in [-0.39, 0.29) is 0 Å². The van der Waals surface area contributed by atoms with Gasteiger partial charge < -0.3 is 4.74 Å². The average Bonchev–Trinajstić information content (AvgIpc) is 2.39. The topological polar surface area (TPSA) is 47.9 Å². The second kappa shape index (κ2) is 5.97. The van der Waals surface area contributed by atoms with E-state index in [1.807, 2.05) is 18.2 Å². The molecule has 0 fully saturated rings. The fourth-order valence-electron chi connectivity index (χ4n) is 1.68. The minimum Gasteiger partial charge on any atom is -0.481 e. The second-order valence-electron chi connectivity index (χ2n) is 4.57. The third-order valence-corrected chi connectivity index (χ3v) is 2.92. The van der Waals surface area contributed by atoms with E-state index >= 15 is 0 Å². The lowest BCUT2D eigenvalue weighted by atomic mass is 10.1. The predicted molar refractivity (Wildman–Crippen MR) is 74.7 cm³/mol. The lowest BCUT2D eigenvalue weighted by Gasteiger charge is -2.08. The first-order valence-electron chi connectivity index (χ1n) is 6.10. The Morgan fingerprint density at radius 1 is 1.26 bits per heavy atom. The molecule has 2 aromatic heterocycles. The van der Waals surface area contributed by atoms with Gasteiger partial charge in [0.05, 0.1) is 7.11 Å². The summed E-state index contributed by atoms with van der Waals surface area (Å²) in [7, 11) is 1.59. The molecule has 2 rings (SSSR count). The van der Waals surface area contributed by atoms with Crippen molar-refractivity contribution in [3.05, 3.63) is 46.6 Å². The quantitative estimate of drug-likeness (QED) is 0.805. The number of aromatic nitrogens is 3. The summed E-state index contributed by atoms with van der Waals surface area (Å²) in [4.78, 5) is 12.9. The summed E-state index contributed by atoms with van der Waals surface area (Å²) in [5.74, 6) is 1.63. The molecule has 2 heterocycles. The SMILES string of the molecule is COc1ccc(Cc2nc(Cl)cc(C(C)C)n2)cn1. The summed E-state index contributed by atoms with van der Waals surface area (Å²) in [6.45, 7) is 4.16. The fourth-order valence-corrected chi connectivity index (χ4v) is 1.89. The Morgan fingerprint density at radius 3 is 2.63 bits per heavy atom. The van der Waals surface area contributed by atoms with Crippen LogP contribution in [0.5, 0.6) is 5.88 Å². The van der Waals surface area contributed by atoms with Crippen LogP contribution in [0.3, 0.4) is 0 Å². The van der Waals surface area contributed by atoms with Gasteiger partial charge in [-0.3, -0.25) is 0 Å². The van der Waals surface area contributed by atoms with Crippen LogP contribution >= 0.6 is 11.6 Å². The molecule has 0 aliphatic carbocycles. The van der Waals surface area contributed by atoms with Gasteiger partial charge in [-0.05, 0) is 17.5 Å². The zero-order valence-corrected chi connectivity index (χ0v) is 12.0. The molecule has 0 atom stereocenters. The summed E-state index contributed by atoms with van der Waals surface area (Å²) >= 11 is 6.02. The molecule has 0 saturated heterocycles. The van der Waals surface area contributed by atoms with E-state index in [9.17, 15) is 0 Å². The molecule has 0 aromatic carbocycles. The molecular formula is C14H16ClN3O. The fraction of sp³-hybridized carbons (Fsp3) is 0.357. The van der Waals surface area contributed by atoms with Gasteiger partial charge in [-0.25, -0.2) is 15.0 Å². The number of rotatable bonds is 4. The van der Waals surface area contributed by atoms with Gasteiger partial charge in [-0.2, -0.15) is 0 Å². The minimum absolute atomic E-state index is 0.327. The van der Waals surface area contributed by atoms with E-state index in [1.54, 1.807) is 13.3 Å². The van der Waals surface area contributed by atoms with E-state index in [4.69, 9.17) is 16.3 Å². The molecule has 0 bridgehead atoms. The Bertz CT molecular complexity index is 555. The van der Waals surface area contributed by atoms with Gasteiger partial charge in [-0.15, -0.1) is 0 Å². The van der Waals surface area contributed by atoms with Crippen LogP contribution < -0.4 is 4.74 Å². The minimum atomic E-state index is 0.327. The van der Waals surface area contributed by atoms with E-state index in [1.165, 1.54) is 0 Å². The standard InChI is InChI=1S/C14H16ClN3O/c1-9(2)11-7-12(15)18-13(17-11)6-10-4-5-14(19-3)16-8-10/h4-5,7-9H,6H2,1-3H3. The molecule has 5 heteroatoms. The van der Waals surface area contributed by atoms with Crippen molar-refractivity contribution in [2.45, 2.75) is 26.2 Å². The molecule has 0 unspecified atom stereocenters. The van der Waals surface area contributed by atoms with Crippen LogP contribution in [-0.4, -0.2) is 22.1 Å². The molecule has 0 aliphatic rings. The molecule has 0 amide bonds. The second-order valence-corrected chi connectivity index (χ2v) is 4.96. The first-order valence-corrected chi connectivity index (χ1v) is 6.48. The highest BCUT2D eigenvalue weighted by Crippen LogP contribution is 2.17. The van der Waals surface area contributed by atoms with Crippen molar-refractivity contribution >= 4 is 11.6 Å². The Balaban J connectivity index is 2.22. The van der Waals surface area contributed by atoms with Crippen LogP contribution in [-0.2, 0) is 6.42 Å². The highest BCUT2D eigenvalue weighted by Gasteiger charge is 2.08. The first-order chi connectivity index (χ1) is 9.08. The van der Waals surface area contributed by atoms with Crippen molar-refractivity contribution in [3.8, 4) is 5.88 Å². The lowest BCUT2D eigenvalue weighted by Crippen LogP contribution is -2.02. The van der Waals surface area contributed by atoms with Crippen molar-refractivity contribution in [2.75, 3.05) is 7.11 Å². The molecular weight excluding hydrogens is 262 g/mol. The van der Waals surface area contributed by atoms with Gasteiger partial charge >= 0.3 is 0 Å². The highest BCUT2D eigenvalue weighted by molar-refractivity contribution is 6.29. The van der Waals surface area contributed by atoms with Crippen LogP contribution in [0.4, 0.5) is 0 Å². The van der Waals surface area contributed by atoms with Crippen molar-refractivity contribution in [1.29, 1.82) is 0 Å². The van der Waals surface area contributed by atoms with Crippen LogP contribution in [0.25, 0.3) is 0 Å². The molecule has 0 spiro atoms. The highest BCUT2D eigenvalue weighted by atomic mass is 35.5. The number of hydrogen-bond acceptors (Lipinski definition) is 4. The Kier molecular flexibility index (Phi) is 4.32. The summed E-state index contributed by atoms with van der Waals surface area (Å²) in [5, 5.41) is 0.482. The summed E-state index contributed by atoms with van der Waals surface area (Å²) < 4.78 is 5.03. The van der Waals surface area contributed by atoms with Crippen molar-refractivity contribution in [2.24, 2.45) is 0 Å². The van der Waals surface area contributed by atoms with Crippen molar-refractivity contribution in [1.82, 2.24) is 15.0 Å². The number of methoxy groups -OCH3 is 1. The smallest absolute Gasteiger partial charge is 0.212 e. The monoisotopic (exact) mass is 277 g/mol. The number of nitrogens with zero attached hydrogens (tertiary/aromatic N) is 3. The number of halogens is 1. The van der Waals surface area contributed by atoms with Crippen LogP contribution in [0.2, 0.25) is 5.15 Å². The van der Waals surface area contributed by atoms with Crippen molar-refractivity contribution in [3.63, 3.8) is 0 Å². The zero-order valence-electron chi connectivity index (χ0n) is 11.2. The summed E-state index contributed by atoms with van der Waals surface area (Å²) in [6, 6.07) is 5.58. The summed E-state index contributed by atoms with van der Waals surface area (Å²) in [6.07, 6.45) is 2.37. The molecule has 4 nitrogen and oxygen atoms in total. The first kappa shape index (κ1) is 13.7. The van der Waals surface area contributed by atoms with Crippen LogP contribution in [0.1, 0.15) is 36.8 Å². The van der Waals surface area contributed by atoms with Gasteiger partial charge in [0.1, 0.15) is 11.0 Å². The number of pyridine rings is 1. The van der Waals surface area contributed by atoms with Crippen LogP contribution in [0, 0.1) is 0 Å². The number of ether oxygens (including phenoxy) is 1. The summed E-state index contributed by atoms with van der Waals surface area (Å²) in [5.41, 5.74) is 1.98. The van der Waals surface area contributed by atoms with E-state index in [2.05, 4.69) is 28.8 Å². The zero-order chi connectivity index (χ0) is 13.8. The molecule has 100 valence electrons. The maximum absolute atomic E-state index is 6.02. The molecule has 0 radical (unpaired) electrons. The molecule has 0 aliphatic heterocycles. The van der Waals surface area contributed by atoms with Gasteiger partial charge in [0, 0.05) is 24.4 Å². The normalized spacial score (nSPS) is 10.8. The number of hydrogen-bond donors (Lipinski definition) is 0. The van der Waals surface area contributed by atoms with E-state index in [0.717, 1.165) is 11.3 Å². The Morgan fingerprint density at radius 2 is 2.05 bits per heavy atom. The molecule has 0 N–H and O–H groups in total. The van der Waals surface area contributed by atoms with Gasteiger partial charge in [-0.1, -0.05) is 31.5 Å². The third kappa shape index (κ3) is 3.64. The lowest BCUT2D eigenvalue weighted by molar-refractivity contribution is 0.397. The maximum atomic E-state index is 6.02. The Labute approximate surface area is 117 Å². The van der Waals surface area contributed by atoms with Gasteiger partial charge in [0.25, 0.3) is 0 Å². The van der Waals surface area contributed by atoms with Crippen molar-refractivity contribution < 1.29 is 4.74 Å². The van der Waals surface area contributed by atoms with Crippen LogP contribution in [0.15, 0.2) is 24.4 Å². The predicted octanol–water partition coefficient (Wildman–Crippen LogP) is 3.25. The molecule has 2 aromatic rings. The average molecular weight is 278 g/mol. The van der Waals surface area contributed by atoms with Gasteiger partial charge in [0.2, 0.25) is 5.88 Å². The third-order valence-electron chi connectivity index (χ3n) is 2.72. The molecule has 0 saturated carbocycles. The van der Waals surface area contributed by atoms with Gasteiger partial charge in [0.15, 0.2) is 0 Å². The Hall–Kier alpha value is -1.68. The largest absolute Gasteiger partial charge is 0.481 e. The maximum Gasteiger partial charge on any atom is 0.212 e. The van der Waals surface area contributed by atoms with E-state index < -0.39 is 0 Å².